The van der Waals surface area contributed by atoms with E-state index in [0.29, 0.717) is 31.3 Å². The number of benzene rings is 2. The summed E-state index contributed by atoms with van der Waals surface area (Å²) < 4.78 is 17.9. The number of carbonyl (C=O) groups is 1. The van der Waals surface area contributed by atoms with Gasteiger partial charge in [-0.25, -0.2) is 9.64 Å². The third-order valence-electron chi connectivity index (χ3n) is 5.64. The standard InChI is InChI=1S/C25H28N2O4/c1-25(2,3)31-24(28)27-14-12-17(13-15-27)20-6-5-7-21-23(20)29-16-22(30-21)18-8-10-19(26-4)11-9-18/h5-11,17,22H,12-16H2,1-3H3/t22-/m0/s1. The molecule has 2 heterocycles. The van der Waals surface area contributed by atoms with Crippen LogP contribution in [-0.4, -0.2) is 36.3 Å². The van der Waals surface area contributed by atoms with Crippen molar-refractivity contribution < 1.29 is 19.0 Å². The van der Waals surface area contributed by atoms with Crippen LogP contribution in [0, 0.1) is 6.57 Å². The molecule has 0 aliphatic carbocycles. The van der Waals surface area contributed by atoms with Crippen molar-refractivity contribution in [2.75, 3.05) is 19.7 Å². The number of fused-ring (bicyclic) bond motifs is 1. The predicted octanol–water partition coefficient (Wildman–Crippen LogP) is 5.86. The van der Waals surface area contributed by atoms with E-state index in [2.05, 4.69) is 10.9 Å². The molecule has 1 atom stereocenters. The number of amides is 1. The summed E-state index contributed by atoms with van der Waals surface area (Å²) in [5.41, 5.74) is 2.27. The molecule has 0 unspecified atom stereocenters. The Labute approximate surface area is 183 Å². The van der Waals surface area contributed by atoms with Gasteiger partial charge in [-0.3, -0.25) is 0 Å². The largest absolute Gasteiger partial charge is 0.485 e. The number of nitrogens with zero attached hydrogens (tertiary/aromatic N) is 2. The molecule has 0 spiro atoms. The van der Waals surface area contributed by atoms with Crippen LogP contribution in [0.5, 0.6) is 11.5 Å². The van der Waals surface area contributed by atoms with Gasteiger partial charge in [0.1, 0.15) is 12.2 Å². The lowest BCUT2D eigenvalue weighted by molar-refractivity contribution is 0.0203. The summed E-state index contributed by atoms with van der Waals surface area (Å²) in [5.74, 6) is 1.87. The average Bonchev–Trinajstić information content (AvgIpc) is 2.77. The van der Waals surface area contributed by atoms with Crippen LogP contribution in [0.3, 0.4) is 0 Å². The van der Waals surface area contributed by atoms with Gasteiger partial charge in [0.05, 0.1) is 6.57 Å². The van der Waals surface area contributed by atoms with Crippen LogP contribution in [0.15, 0.2) is 42.5 Å². The number of hydrogen-bond donors (Lipinski definition) is 0. The lowest BCUT2D eigenvalue weighted by Gasteiger charge is -2.35. The Morgan fingerprint density at radius 3 is 2.48 bits per heavy atom. The quantitative estimate of drug-likeness (QED) is 0.571. The van der Waals surface area contributed by atoms with E-state index >= 15 is 0 Å². The molecule has 1 fully saturated rings. The summed E-state index contributed by atoms with van der Waals surface area (Å²) in [4.78, 5) is 17.6. The highest BCUT2D eigenvalue weighted by Crippen LogP contribution is 2.44. The maximum atomic E-state index is 12.3. The molecule has 6 nitrogen and oxygen atoms in total. The molecule has 1 saturated heterocycles. The van der Waals surface area contributed by atoms with Crippen LogP contribution in [0.2, 0.25) is 0 Å². The number of ether oxygens (including phenoxy) is 3. The molecule has 2 aliphatic rings. The third-order valence-corrected chi connectivity index (χ3v) is 5.64. The van der Waals surface area contributed by atoms with Crippen molar-refractivity contribution in [2.45, 2.75) is 51.2 Å². The molecule has 0 bridgehead atoms. The number of likely N-dealkylation sites (tertiary alicyclic amines) is 1. The zero-order valence-electron chi connectivity index (χ0n) is 18.3. The van der Waals surface area contributed by atoms with Gasteiger partial charge < -0.3 is 19.1 Å². The zero-order valence-corrected chi connectivity index (χ0v) is 18.3. The molecule has 4 rings (SSSR count). The molecule has 0 saturated carbocycles. The molecule has 2 aromatic carbocycles. The summed E-state index contributed by atoms with van der Waals surface area (Å²) in [6, 6.07) is 13.5. The number of para-hydroxylation sites is 1. The summed E-state index contributed by atoms with van der Waals surface area (Å²) in [7, 11) is 0. The van der Waals surface area contributed by atoms with E-state index in [0.717, 1.165) is 35.5 Å². The van der Waals surface area contributed by atoms with Crippen molar-refractivity contribution in [3.05, 3.63) is 65.0 Å². The van der Waals surface area contributed by atoms with E-state index in [1.807, 2.05) is 45.0 Å². The number of hydrogen-bond acceptors (Lipinski definition) is 4. The minimum absolute atomic E-state index is 0.198. The van der Waals surface area contributed by atoms with Crippen molar-refractivity contribution in [3.63, 3.8) is 0 Å². The molecule has 0 N–H and O–H groups in total. The van der Waals surface area contributed by atoms with E-state index in [1.165, 1.54) is 0 Å². The first-order valence-corrected chi connectivity index (χ1v) is 10.7. The van der Waals surface area contributed by atoms with Gasteiger partial charge in [-0.05, 0) is 51.2 Å². The van der Waals surface area contributed by atoms with Crippen LogP contribution in [0.4, 0.5) is 10.5 Å². The van der Waals surface area contributed by atoms with Crippen molar-refractivity contribution in [3.8, 4) is 11.5 Å². The highest BCUT2D eigenvalue weighted by molar-refractivity contribution is 5.68. The second kappa shape index (κ2) is 8.50. The molecule has 0 aromatic heterocycles. The van der Waals surface area contributed by atoms with Gasteiger partial charge in [-0.1, -0.05) is 36.4 Å². The summed E-state index contributed by atoms with van der Waals surface area (Å²) in [5, 5.41) is 0. The predicted molar refractivity (Wildman–Crippen MR) is 118 cm³/mol. The lowest BCUT2D eigenvalue weighted by Crippen LogP contribution is -2.41. The molecule has 31 heavy (non-hydrogen) atoms. The second-order valence-electron chi connectivity index (χ2n) is 9.04. The summed E-state index contributed by atoms with van der Waals surface area (Å²) in [6.07, 6.45) is 1.28. The first-order valence-electron chi connectivity index (χ1n) is 10.7. The van der Waals surface area contributed by atoms with Gasteiger partial charge in [0.2, 0.25) is 0 Å². The Morgan fingerprint density at radius 2 is 1.84 bits per heavy atom. The molecule has 1 amide bonds. The maximum Gasteiger partial charge on any atom is 0.410 e. The monoisotopic (exact) mass is 420 g/mol. The van der Waals surface area contributed by atoms with Gasteiger partial charge in [-0.2, -0.15) is 0 Å². The van der Waals surface area contributed by atoms with Gasteiger partial charge >= 0.3 is 6.09 Å². The van der Waals surface area contributed by atoms with E-state index in [-0.39, 0.29) is 12.2 Å². The van der Waals surface area contributed by atoms with Crippen LogP contribution in [0.1, 0.15) is 56.8 Å². The molecule has 2 aromatic rings. The summed E-state index contributed by atoms with van der Waals surface area (Å²) >= 11 is 0. The van der Waals surface area contributed by atoms with Crippen molar-refractivity contribution in [1.29, 1.82) is 0 Å². The summed E-state index contributed by atoms with van der Waals surface area (Å²) in [6.45, 7) is 14.5. The van der Waals surface area contributed by atoms with Gasteiger partial charge in [0.25, 0.3) is 0 Å². The Morgan fingerprint density at radius 1 is 1.13 bits per heavy atom. The smallest absolute Gasteiger partial charge is 0.410 e. The normalized spacial score (nSPS) is 18.9. The van der Waals surface area contributed by atoms with Gasteiger partial charge in [-0.15, -0.1) is 0 Å². The van der Waals surface area contributed by atoms with E-state index in [4.69, 9.17) is 20.8 Å². The van der Waals surface area contributed by atoms with Gasteiger partial charge in [0, 0.05) is 18.7 Å². The second-order valence-corrected chi connectivity index (χ2v) is 9.04. The highest BCUT2D eigenvalue weighted by Gasteiger charge is 2.31. The van der Waals surface area contributed by atoms with Crippen LogP contribution >= 0.6 is 0 Å². The fourth-order valence-corrected chi connectivity index (χ4v) is 4.08. The Bertz CT molecular complexity index is 980. The minimum Gasteiger partial charge on any atom is -0.485 e. The SMILES string of the molecule is [C-]#[N+]c1ccc([C@@H]2COc3c(cccc3C3CCN(C(=O)OC(C)(C)C)CC3)O2)cc1. The first-order chi connectivity index (χ1) is 14.8. The molecule has 2 aliphatic heterocycles. The fraction of sp³-hybridized carbons (Fsp3) is 0.440. The Hall–Kier alpha value is -3.20. The Kier molecular flexibility index (Phi) is 5.77. The third kappa shape index (κ3) is 4.77. The minimum atomic E-state index is -0.482. The highest BCUT2D eigenvalue weighted by atomic mass is 16.6. The van der Waals surface area contributed by atoms with E-state index < -0.39 is 5.60 Å². The fourth-order valence-electron chi connectivity index (χ4n) is 4.08. The average molecular weight is 421 g/mol. The van der Waals surface area contributed by atoms with Gasteiger partial charge in [0.15, 0.2) is 23.3 Å². The van der Waals surface area contributed by atoms with E-state index in [1.54, 1.807) is 17.0 Å². The van der Waals surface area contributed by atoms with E-state index in [9.17, 15) is 4.79 Å². The van der Waals surface area contributed by atoms with Crippen LogP contribution in [-0.2, 0) is 4.74 Å². The number of carbonyl (C=O) groups excluding carboxylic acids is 1. The molecule has 6 heteroatoms. The Balaban J connectivity index is 1.43. The van der Waals surface area contributed by atoms with Crippen molar-refractivity contribution in [1.82, 2.24) is 4.90 Å². The van der Waals surface area contributed by atoms with Crippen molar-refractivity contribution in [2.24, 2.45) is 0 Å². The maximum absolute atomic E-state index is 12.3. The number of piperidine rings is 1. The number of rotatable bonds is 2. The van der Waals surface area contributed by atoms with Crippen LogP contribution in [0.25, 0.3) is 4.85 Å². The molecular weight excluding hydrogens is 392 g/mol. The molecule has 0 radical (unpaired) electrons. The van der Waals surface area contributed by atoms with Crippen molar-refractivity contribution >= 4 is 11.8 Å². The molecular formula is C25H28N2O4. The van der Waals surface area contributed by atoms with Crippen LogP contribution < -0.4 is 9.47 Å². The molecule has 162 valence electrons. The lowest BCUT2D eigenvalue weighted by atomic mass is 9.88. The zero-order chi connectivity index (χ0) is 22.0. The first kappa shape index (κ1) is 21.0. The topological polar surface area (TPSA) is 52.4 Å².